The molecule has 0 saturated carbocycles. The summed E-state index contributed by atoms with van der Waals surface area (Å²) in [6.45, 7) is 13.7. The molecule has 1 aliphatic carbocycles. The van der Waals surface area contributed by atoms with Crippen LogP contribution in [0.3, 0.4) is 0 Å². The van der Waals surface area contributed by atoms with Gasteiger partial charge in [0.25, 0.3) is 0 Å². The van der Waals surface area contributed by atoms with Crippen molar-refractivity contribution < 1.29 is 14.4 Å². The van der Waals surface area contributed by atoms with Gasteiger partial charge in [-0.2, -0.15) is 0 Å². The Balaban J connectivity index is 2.26. The van der Waals surface area contributed by atoms with Crippen molar-refractivity contribution >= 4 is 17.6 Å². The van der Waals surface area contributed by atoms with Gasteiger partial charge in [0.1, 0.15) is 0 Å². The van der Waals surface area contributed by atoms with Crippen molar-refractivity contribution in [1.29, 1.82) is 0 Å². The first-order valence-corrected chi connectivity index (χ1v) is 9.77. The third-order valence-corrected chi connectivity index (χ3v) is 5.03. The predicted molar refractivity (Wildman–Crippen MR) is 106 cm³/mol. The average molecular weight is 376 g/mol. The smallest absolute Gasteiger partial charge is 0.224 e. The molecule has 6 nitrogen and oxygen atoms in total. The second-order valence-electron chi connectivity index (χ2n) is 8.84. The Bertz CT molecular complexity index is 744. The van der Waals surface area contributed by atoms with Gasteiger partial charge in [0.2, 0.25) is 11.8 Å². The zero-order chi connectivity index (χ0) is 20.4. The summed E-state index contributed by atoms with van der Waals surface area (Å²) in [6, 6.07) is 0. The highest BCUT2D eigenvalue weighted by Crippen LogP contribution is 2.39. The van der Waals surface area contributed by atoms with Gasteiger partial charge in [-0.05, 0) is 30.2 Å². The molecule has 6 heteroatoms. The monoisotopic (exact) mass is 375 g/mol. The summed E-state index contributed by atoms with van der Waals surface area (Å²) < 4.78 is 2.25. The third kappa shape index (κ3) is 5.21. The molecule has 0 atom stereocenters. The molecule has 0 fully saturated rings. The molecular weight excluding hydrogens is 342 g/mol. The molecule has 0 bridgehead atoms. The maximum Gasteiger partial charge on any atom is 0.224 e. The first-order valence-electron chi connectivity index (χ1n) is 9.77. The Morgan fingerprint density at radius 2 is 1.78 bits per heavy atom. The van der Waals surface area contributed by atoms with Crippen molar-refractivity contribution in [3.63, 3.8) is 0 Å². The minimum atomic E-state index is -0.120. The molecule has 0 spiro atoms. The molecule has 2 amide bonds. The lowest BCUT2D eigenvalue weighted by Gasteiger charge is -2.30. The van der Waals surface area contributed by atoms with Crippen LogP contribution in [0.4, 0.5) is 0 Å². The second kappa shape index (κ2) is 8.28. The van der Waals surface area contributed by atoms with Gasteiger partial charge in [0, 0.05) is 49.9 Å². The summed E-state index contributed by atoms with van der Waals surface area (Å²) >= 11 is 0. The number of hydrogen-bond acceptors (Lipinski definition) is 3. The van der Waals surface area contributed by atoms with Gasteiger partial charge < -0.3 is 15.2 Å². The largest absolute Gasteiger partial charge is 0.355 e. The van der Waals surface area contributed by atoms with E-state index < -0.39 is 0 Å². The van der Waals surface area contributed by atoms with Crippen LogP contribution in [0.5, 0.6) is 0 Å². The molecule has 2 rings (SSSR count). The Morgan fingerprint density at radius 3 is 2.37 bits per heavy atom. The molecule has 27 heavy (non-hydrogen) atoms. The summed E-state index contributed by atoms with van der Waals surface area (Å²) in [5.41, 5.74) is 3.69. The first-order chi connectivity index (χ1) is 12.5. The van der Waals surface area contributed by atoms with Gasteiger partial charge in [-0.3, -0.25) is 14.4 Å². The van der Waals surface area contributed by atoms with E-state index in [-0.39, 0.29) is 29.4 Å². The van der Waals surface area contributed by atoms with Crippen LogP contribution in [-0.2, 0) is 29.0 Å². The average Bonchev–Trinajstić information content (AvgIpc) is 2.75. The van der Waals surface area contributed by atoms with Crippen LogP contribution < -0.4 is 10.6 Å². The van der Waals surface area contributed by atoms with E-state index in [1.54, 1.807) is 0 Å². The molecule has 0 saturated heterocycles. The van der Waals surface area contributed by atoms with Crippen molar-refractivity contribution in [2.75, 3.05) is 13.1 Å². The van der Waals surface area contributed by atoms with Crippen LogP contribution in [-0.4, -0.2) is 35.3 Å². The number of hydrogen-bond donors (Lipinski definition) is 2. The van der Waals surface area contributed by atoms with Crippen molar-refractivity contribution in [1.82, 2.24) is 15.2 Å². The Hall–Kier alpha value is -2.11. The lowest BCUT2D eigenvalue weighted by Crippen LogP contribution is -2.34. The fourth-order valence-corrected chi connectivity index (χ4v) is 3.90. The quantitative estimate of drug-likeness (QED) is 0.718. The zero-order valence-electron chi connectivity index (χ0n) is 17.5. The van der Waals surface area contributed by atoms with E-state index in [1.165, 1.54) is 6.92 Å². The highest BCUT2D eigenvalue weighted by Gasteiger charge is 2.37. The predicted octanol–water partition coefficient (Wildman–Crippen LogP) is 2.40. The van der Waals surface area contributed by atoms with Crippen molar-refractivity contribution in [3.8, 4) is 0 Å². The van der Waals surface area contributed by atoms with E-state index in [9.17, 15) is 14.4 Å². The molecule has 1 heterocycles. The van der Waals surface area contributed by atoms with Gasteiger partial charge in [-0.1, -0.05) is 27.7 Å². The van der Waals surface area contributed by atoms with E-state index >= 15 is 0 Å². The normalized spacial score (nSPS) is 15.6. The van der Waals surface area contributed by atoms with Crippen molar-refractivity contribution in [3.05, 3.63) is 22.5 Å². The highest BCUT2D eigenvalue weighted by molar-refractivity contribution is 6.01. The SMILES string of the molecule is CC(=O)NCCNC(=O)Cc1c2c(n(CC(C)C)c1C)CC(C)(C)CC2=O. The van der Waals surface area contributed by atoms with Crippen LogP contribution >= 0.6 is 0 Å². The zero-order valence-corrected chi connectivity index (χ0v) is 17.5. The molecule has 0 aromatic carbocycles. The summed E-state index contributed by atoms with van der Waals surface area (Å²) in [4.78, 5) is 36.2. The summed E-state index contributed by atoms with van der Waals surface area (Å²) in [7, 11) is 0. The van der Waals surface area contributed by atoms with E-state index in [2.05, 4.69) is 42.9 Å². The number of rotatable bonds is 7. The van der Waals surface area contributed by atoms with E-state index in [0.717, 1.165) is 35.5 Å². The number of nitrogens with zero attached hydrogens (tertiary/aromatic N) is 1. The Kier molecular flexibility index (Phi) is 6.50. The summed E-state index contributed by atoms with van der Waals surface area (Å²) in [5, 5.41) is 5.48. The van der Waals surface area contributed by atoms with Crippen LogP contribution in [0.15, 0.2) is 0 Å². The standard InChI is InChI=1S/C21H33N3O3/c1-13(2)12-24-14(3)16(9-19(27)23-8-7-22-15(4)25)20-17(24)10-21(5,6)11-18(20)26/h13H,7-12H2,1-6H3,(H,22,25)(H,23,27). The fraction of sp³-hybridized carbons (Fsp3) is 0.667. The Morgan fingerprint density at radius 1 is 1.15 bits per heavy atom. The number of ketones is 1. The molecule has 0 unspecified atom stereocenters. The number of fused-ring (bicyclic) bond motifs is 1. The maximum atomic E-state index is 12.9. The number of carbonyl (C=O) groups excluding carboxylic acids is 3. The first kappa shape index (κ1) is 21.2. The minimum Gasteiger partial charge on any atom is -0.355 e. The van der Waals surface area contributed by atoms with E-state index in [4.69, 9.17) is 0 Å². The van der Waals surface area contributed by atoms with Crippen LogP contribution in [0.25, 0.3) is 0 Å². The molecular formula is C21H33N3O3. The molecule has 150 valence electrons. The van der Waals surface area contributed by atoms with Gasteiger partial charge >= 0.3 is 0 Å². The molecule has 0 radical (unpaired) electrons. The number of amides is 2. The Labute approximate surface area is 162 Å². The number of carbonyl (C=O) groups is 3. The van der Waals surface area contributed by atoms with Gasteiger partial charge in [0.15, 0.2) is 5.78 Å². The number of Topliss-reactive ketones (excluding diaryl/α,β-unsaturated/α-hetero) is 1. The number of aromatic nitrogens is 1. The maximum absolute atomic E-state index is 12.9. The van der Waals surface area contributed by atoms with Crippen molar-refractivity contribution in [2.45, 2.75) is 67.3 Å². The van der Waals surface area contributed by atoms with E-state index in [1.807, 2.05) is 6.92 Å². The molecule has 2 N–H and O–H groups in total. The van der Waals surface area contributed by atoms with Gasteiger partial charge in [0.05, 0.1) is 6.42 Å². The third-order valence-electron chi connectivity index (χ3n) is 5.03. The van der Waals surface area contributed by atoms with Crippen LogP contribution in [0.2, 0.25) is 0 Å². The van der Waals surface area contributed by atoms with Gasteiger partial charge in [-0.25, -0.2) is 0 Å². The van der Waals surface area contributed by atoms with Crippen LogP contribution in [0, 0.1) is 18.3 Å². The minimum absolute atomic E-state index is 0.0541. The molecule has 1 aliphatic rings. The van der Waals surface area contributed by atoms with Crippen LogP contribution in [0.1, 0.15) is 68.3 Å². The topological polar surface area (TPSA) is 80.2 Å². The van der Waals surface area contributed by atoms with Gasteiger partial charge in [-0.15, -0.1) is 0 Å². The van der Waals surface area contributed by atoms with Crippen molar-refractivity contribution in [2.24, 2.45) is 11.3 Å². The second-order valence-corrected chi connectivity index (χ2v) is 8.84. The summed E-state index contributed by atoms with van der Waals surface area (Å²) in [5.74, 6) is 0.367. The summed E-state index contributed by atoms with van der Waals surface area (Å²) in [6.07, 6.45) is 1.57. The molecule has 1 aromatic heterocycles. The lowest BCUT2D eigenvalue weighted by molar-refractivity contribution is -0.121. The lowest BCUT2D eigenvalue weighted by atomic mass is 9.75. The highest BCUT2D eigenvalue weighted by atomic mass is 16.2. The molecule has 1 aromatic rings. The fourth-order valence-electron chi connectivity index (χ4n) is 3.90. The molecule has 0 aliphatic heterocycles. The van der Waals surface area contributed by atoms with E-state index in [0.29, 0.717) is 25.4 Å². The number of nitrogens with one attached hydrogen (secondary N) is 2.